The highest BCUT2D eigenvalue weighted by atomic mass is 32.2. The molecule has 1 aromatic heterocycles. The molecular formula is C20H15F5N2O4S. The third-order valence-electron chi connectivity index (χ3n) is 4.22. The molecular weight excluding hydrogens is 459 g/mol. The highest BCUT2D eigenvalue weighted by Crippen LogP contribution is 2.42. The lowest BCUT2D eigenvalue weighted by Crippen LogP contribution is -2.20. The van der Waals surface area contributed by atoms with E-state index >= 15 is 0 Å². The third-order valence-corrected chi connectivity index (χ3v) is 4.83. The van der Waals surface area contributed by atoms with Crippen LogP contribution < -0.4 is 15.0 Å². The Kier molecular flexibility index (Phi) is 6.00. The van der Waals surface area contributed by atoms with Gasteiger partial charge in [-0.2, -0.15) is 13.2 Å². The molecule has 3 aromatic rings. The van der Waals surface area contributed by atoms with E-state index in [4.69, 9.17) is 4.74 Å². The number of sulfonamides is 1. The minimum atomic E-state index is -4.94. The van der Waals surface area contributed by atoms with Crippen molar-refractivity contribution in [1.29, 1.82) is 0 Å². The van der Waals surface area contributed by atoms with Crippen molar-refractivity contribution >= 4 is 15.7 Å². The lowest BCUT2D eigenvalue weighted by molar-refractivity contribution is -0.137. The van der Waals surface area contributed by atoms with Gasteiger partial charge in [0, 0.05) is 42.2 Å². The van der Waals surface area contributed by atoms with Crippen LogP contribution in [0.2, 0.25) is 0 Å². The van der Waals surface area contributed by atoms with Crippen molar-refractivity contribution in [3.8, 4) is 22.6 Å². The Morgan fingerprint density at radius 1 is 0.969 bits per heavy atom. The Balaban J connectivity index is 2.27. The molecule has 0 saturated heterocycles. The van der Waals surface area contributed by atoms with E-state index in [2.05, 4.69) is 4.72 Å². The summed E-state index contributed by atoms with van der Waals surface area (Å²) in [5, 5.41) is 0. The van der Waals surface area contributed by atoms with E-state index in [-0.39, 0.29) is 17.0 Å². The number of pyridine rings is 1. The maximum absolute atomic E-state index is 14.1. The number of hydrogen-bond donors (Lipinski definition) is 1. The Labute approximate surface area is 178 Å². The van der Waals surface area contributed by atoms with Gasteiger partial charge in [-0.3, -0.25) is 9.52 Å². The second-order valence-corrected chi connectivity index (χ2v) is 8.56. The monoisotopic (exact) mass is 474 g/mol. The first-order valence-electron chi connectivity index (χ1n) is 8.77. The molecule has 0 bridgehead atoms. The van der Waals surface area contributed by atoms with E-state index in [9.17, 15) is 35.2 Å². The summed E-state index contributed by atoms with van der Waals surface area (Å²) in [7, 11) is -2.56. The number of rotatable bonds is 5. The first-order chi connectivity index (χ1) is 14.7. The van der Waals surface area contributed by atoms with Crippen molar-refractivity contribution in [2.45, 2.75) is 6.18 Å². The smallest absolute Gasteiger partial charge is 0.417 e. The molecule has 0 spiro atoms. The van der Waals surface area contributed by atoms with Crippen LogP contribution in [0.3, 0.4) is 0 Å². The average Bonchev–Trinajstić information content (AvgIpc) is 2.65. The van der Waals surface area contributed by atoms with Crippen molar-refractivity contribution in [3.63, 3.8) is 0 Å². The SMILES string of the molecule is Cn1cc(-c2cc(NS(C)(=O)=O)ccc2Oc2ccc(F)cc2F)c(C(F)(F)F)cc1=O. The molecule has 0 aliphatic carbocycles. The molecule has 6 nitrogen and oxygen atoms in total. The summed E-state index contributed by atoms with van der Waals surface area (Å²) >= 11 is 0. The van der Waals surface area contributed by atoms with Crippen LogP contribution in [0.5, 0.6) is 11.5 Å². The molecule has 0 fully saturated rings. The zero-order valence-corrected chi connectivity index (χ0v) is 17.3. The fourth-order valence-electron chi connectivity index (χ4n) is 2.86. The van der Waals surface area contributed by atoms with Gasteiger partial charge in [-0.15, -0.1) is 0 Å². The van der Waals surface area contributed by atoms with Gasteiger partial charge in [0.2, 0.25) is 10.0 Å². The van der Waals surface area contributed by atoms with E-state index in [1.165, 1.54) is 13.1 Å². The molecule has 3 rings (SSSR count). The summed E-state index contributed by atoms with van der Waals surface area (Å²) in [4.78, 5) is 11.8. The predicted octanol–water partition coefficient (Wildman–Crippen LogP) is 4.51. The molecule has 0 aliphatic heterocycles. The highest BCUT2D eigenvalue weighted by Gasteiger charge is 2.35. The van der Waals surface area contributed by atoms with Crippen LogP contribution in [0.4, 0.5) is 27.6 Å². The van der Waals surface area contributed by atoms with E-state index < -0.39 is 50.3 Å². The normalized spacial score (nSPS) is 12.0. The third kappa shape index (κ3) is 5.25. The number of ether oxygens (including phenoxy) is 1. The number of alkyl halides is 3. The average molecular weight is 474 g/mol. The van der Waals surface area contributed by atoms with Gasteiger partial charge in [-0.05, 0) is 30.3 Å². The van der Waals surface area contributed by atoms with Crippen molar-refractivity contribution in [2.24, 2.45) is 7.05 Å². The zero-order valence-electron chi connectivity index (χ0n) is 16.5. The second kappa shape index (κ2) is 8.26. The summed E-state index contributed by atoms with van der Waals surface area (Å²) < 4.78 is 99.9. The molecule has 0 saturated carbocycles. The number of anilines is 1. The molecule has 1 N–H and O–H groups in total. The highest BCUT2D eigenvalue weighted by molar-refractivity contribution is 7.92. The summed E-state index contributed by atoms with van der Waals surface area (Å²) in [6.07, 6.45) is -3.20. The van der Waals surface area contributed by atoms with Crippen molar-refractivity contribution in [1.82, 2.24) is 4.57 Å². The molecule has 0 atom stereocenters. The number of halogens is 5. The van der Waals surface area contributed by atoms with E-state index in [0.29, 0.717) is 12.1 Å². The molecule has 0 aliphatic rings. The van der Waals surface area contributed by atoms with Gasteiger partial charge < -0.3 is 9.30 Å². The fraction of sp³-hybridized carbons (Fsp3) is 0.150. The largest absolute Gasteiger partial charge is 0.454 e. The minimum Gasteiger partial charge on any atom is -0.454 e. The number of nitrogens with zero attached hydrogens (tertiary/aromatic N) is 1. The first kappa shape index (κ1) is 23.3. The molecule has 0 amide bonds. The molecule has 1 heterocycles. The molecule has 32 heavy (non-hydrogen) atoms. The standard InChI is InChI=1S/C20H15F5N2O4S/c1-27-10-14(15(9-19(27)28)20(23,24)25)13-8-12(26-32(2,29)30)4-6-17(13)31-18-5-3-11(21)7-16(18)22/h3-10,26H,1-2H3. The van der Waals surface area contributed by atoms with Gasteiger partial charge in [0.15, 0.2) is 11.6 Å². The lowest BCUT2D eigenvalue weighted by Gasteiger charge is -2.18. The number of benzene rings is 2. The summed E-state index contributed by atoms with van der Waals surface area (Å²) in [6, 6.07) is 6.12. The van der Waals surface area contributed by atoms with Crippen LogP contribution in [-0.2, 0) is 23.2 Å². The van der Waals surface area contributed by atoms with Gasteiger partial charge in [0.05, 0.1) is 11.8 Å². The van der Waals surface area contributed by atoms with Crippen LogP contribution in [0.15, 0.2) is 53.5 Å². The van der Waals surface area contributed by atoms with Crippen molar-refractivity contribution in [3.05, 3.63) is 76.2 Å². The molecule has 0 radical (unpaired) electrons. The zero-order chi connectivity index (χ0) is 23.8. The lowest BCUT2D eigenvalue weighted by atomic mass is 10.00. The Hall–Kier alpha value is -3.41. The molecule has 0 unspecified atom stereocenters. The molecule has 170 valence electrons. The maximum atomic E-state index is 14.1. The summed E-state index contributed by atoms with van der Waals surface area (Å²) in [5.41, 5.74) is -3.14. The first-order valence-corrected chi connectivity index (χ1v) is 10.7. The van der Waals surface area contributed by atoms with Crippen LogP contribution in [0, 0.1) is 11.6 Å². The van der Waals surface area contributed by atoms with Crippen LogP contribution in [-0.4, -0.2) is 19.2 Å². The van der Waals surface area contributed by atoms with Gasteiger partial charge in [0.25, 0.3) is 5.56 Å². The van der Waals surface area contributed by atoms with Gasteiger partial charge in [-0.25, -0.2) is 17.2 Å². The Morgan fingerprint density at radius 2 is 1.62 bits per heavy atom. The van der Waals surface area contributed by atoms with E-state index in [0.717, 1.165) is 41.3 Å². The minimum absolute atomic E-state index is 0.101. The van der Waals surface area contributed by atoms with Crippen LogP contribution in [0.1, 0.15) is 5.56 Å². The molecule has 12 heteroatoms. The van der Waals surface area contributed by atoms with Gasteiger partial charge in [0.1, 0.15) is 11.6 Å². The second-order valence-electron chi connectivity index (χ2n) is 6.81. The summed E-state index contributed by atoms with van der Waals surface area (Å²) in [5.74, 6) is -2.76. The Bertz CT molecular complexity index is 1350. The topological polar surface area (TPSA) is 77.4 Å². The predicted molar refractivity (Wildman–Crippen MR) is 107 cm³/mol. The molecule has 2 aromatic carbocycles. The number of aryl methyl sites for hydroxylation is 1. The maximum Gasteiger partial charge on any atom is 0.417 e. The number of hydrogen-bond acceptors (Lipinski definition) is 4. The van der Waals surface area contributed by atoms with Crippen LogP contribution in [0.25, 0.3) is 11.1 Å². The number of nitrogens with one attached hydrogen (secondary N) is 1. The van der Waals surface area contributed by atoms with Gasteiger partial charge in [-0.1, -0.05) is 0 Å². The quantitative estimate of drug-likeness (QED) is 0.552. The summed E-state index contributed by atoms with van der Waals surface area (Å²) in [6.45, 7) is 0. The number of aromatic nitrogens is 1. The van der Waals surface area contributed by atoms with Crippen molar-refractivity contribution in [2.75, 3.05) is 11.0 Å². The van der Waals surface area contributed by atoms with Gasteiger partial charge >= 0.3 is 6.18 Å². The van der Waals surface area contributed by atoms with Crippen molar-refractivity contribution < 1.29 is 35.1 Å². The Morgan fingerprint density at radius 3 is 2.22 bits per heavy atom. The van der Waals surface area contributed by atoms with E-state index in [1.54, 1.807) is 0 Å². The van der Waals surface area contributed by atoms with Crippen LogP contribution >= 0.6 is 0 Å². The fourth-order valence-corrected chi connectivity index (χ4v) is 3.42. The van der Waals surface area contributed by atoms with E-state index in [1.807, 2.05) is 0 Å².